The number of nitro benzene ring substituents is 1. The Kier molecular flexibility index (Phi) is 4.60. The summed E-state index contributed by atoms with van der Waals surface area (Å²) < 4.78 is 4.85. The predicted octanol–water partition coefficient (Wildman–Crippen LogP) is 1.56. The minimum absolute atomic E-state index is 0.105. The molecule has 1 aliphatic carbocycles. The van der Waals surface area contributed by atoms with Crippen molar-refractivity contribution in [2.24, 2.45) is 5.92 Å². The zero-order valence-electron chi connectivity index (χ0n) is 12.4. The molecule has 23 heavy (non-hydrogen) atoms. The van der Waals surface area contributed by atoms with E-state index in [1.54, 1.807) is 6.92 Å². The second kappa shape index (κ2) is 6.44. The minimum atomic E-state index is -0.948. The van der Waals surface area contributed by atoms with Crippen LogP contribution in [-0.4, -0.2) is 28.9 Å². The second-order valence-corrected chi connectivity index (χ2v) is 5.52. The Balaban J connectivity index is 1.87. The van der Waals surface area contributed by atoms with Crippen LogP contribution >= 0.6 is 0 Å². The molecular weight excluding hydrogens is 302 g/mol. The van der Waals surface area contributed by atoms with Crippen molar-refractivity contribution in [1.29, 1.82) is 5.26 Å². The highest BCUT2D eigenvalue weighted by Gasteiger charge is 2.43. The van der Waals surface area contributed by atoms with Crippen LogP contribution < -0.4 is 5.32 Å². The number of amides is 1. The highest BCUT2D eigenvalue weighted by Crippen LogP contribution is 2.39. The van der Waals surface area contributed by atoms with Gasteiger partial charge in [-0.2, -0.15) is 5.26 Å². The molecule has 0 heterocycles. The highest BCUT2D eigenvalue weighted by atomic mass is 16.6. The van der Waals surface area contributed by atoms with Crippen molar-refractivity contribution in [3.05, 3.63) is 39.9 Å². The van der Waals surface area contributed by atoms with Crippen LogP contribution in [0.25, 0.3) is 0 Å². The topological polar surface area (TPSA) is 122 Å². The van der Waals surface area contributed by atoms with E-state index in [-0.39, 0.29) is 17.2 Å². The van der Waals surface area contributed by atoms with E-state index in [9.17, 15) is 19.7 Å². The molecule has 1 aromatic carbocycles. The molecule has 2 rings (SSSR count). The van der Waals surface area contributed by atoms with Crippen molar-refractivity contribution in [2.45, 2.75) is 25.3 Å². The maximum absolute atomic E-state index is 11.8. The molecule has 120 valence electrons. The normalized spacial score (nSPS) is 15.8. The largest absolute Gasteiger partial charge is 0.452 e. The predicted molar refractivity (Wildman–Crippen MR) is 78.3 cm³/mol. The molecule has 1 aliphatic rings. The third kappa shape index (κ3) is 4.03. The standard InChI is InChI=1S/C15H15N3O5/c1-15(9-16,11-4-5-11)17-13(19)8-23-14(20)10-2-6-12(7-3-10)18(21)22/h2-3,6-7,11H,4-5,8H2,1H3,(H,17,19)/t15-/m0/s1. The Morgan fingerprint density at radius 1 is 1.43 bits per heavy atom. The van der Waals surface area contributed by atoms with Crippen LogP contribution in [0.15, 0.2) is 24.3 Å². The molecule has 0 unspecified atom stereocenters. The highest BCUT2D eigenvalue weighted by molar-refractivity contribution is 5.91. The first-order valence-electron chi connectivity index (χ1n) is 6.99. The summed E-state index contributed by atoms with van der Waals surface area (Å²) in [7, 11) is 0. The number of ether oxygens (including phenoxy) is 1. The van der Waals surface area contributed by atoms with Gasteiger partial charge in [0.1, 0.15) is 5.54 Å². The van der Waals surface area contributed by atoms with Crippen LogP contribution in [0.2, 0.25) is 0 Å². The van der Waals surface area contributed by atoms with Gasteiger partial charge in [-0.25, -0.2) is 4.79 Å². The fourth-order valence-electron chi connectivity index (χ4n) is 2.14. The lowest BCUT2D eigenvalue weighted by molar-refractivity contribution is -0.384. The third-order valence-electron chi connectivity index (χ3n) is 3.67. The van der Waals surface area contributed by atoms with Gasteiger partial charge in [-0.1, -0.05) is 0 Å². The first-order chi connectivity index (χ1) is 10.9. The maximum Gasteiger partial charge on any atom is 0.338 e. The van der Waals surface area contributed by atoms with Crippen LogP contribution in [0.4, 0.5) is 5.69 Å². The fourth-order valence-corrected chi connectivity index (χ4v) is 2.14. The van der Waals surface area contributed by atoms with Crippen molar-refractivity contribution in [1.82, 2.24) is 5.32 Å². The lowest BCUT2D eigenvalue weighted by Crippen LogP contribution is -2.48. The SMILES string of the molecule is C[C@@](C#N)(NC(=O)COC(=O)c1ccc([N+](=O)[O-])cc1)C1CC1. The first-order valence-corrected chi connectivity index (χ1v) is 6.99. The van der Waals surface area contributed by atoms with Crippen molar-refractivity contribution >= 4 is 17.6 Å². The number of nitrogens with zero attached hydrogens (tertiary/aromatic N) is 2. The Morgan fingerprint density at radius 3 is 2.52 bits per heavy atom. The molecule has 0 radical (unpaired) electrons. The third-order valence-corrected chi connectivity index (χ3v) is 3.67. The summed E-state index contributed by atoms with van der Waals surface area (Å²) in [4.78, 5) is 33.5. The van der Waals surface area contributed by atoms with E-state index in [4.69, 9.17) is 10.00 Å². The number of rotatable bonds is 6. The molecule has 0 aromatic heterocycles. The monoisotopic (exact) mass is 317 g/mol. The van der Waals surface area contributed by atoms with Gasteiger partial charge in [0, 0.05) is 12.1 Å². The number of nitrogens with one attached hydrogen (secondary N) is 1. The van der Waals surface area contributed by atoms with E-state index in [0.717, 1.165) is 12.8 Å². The molecule has 8 heteroatoms. The van der Waals surface area contributed by atoms with E-state index in [1.165, 1.54) is 24.3 Å². The minimum Gasteiger partial charge on any atom is -0.452 e. The van der Waals surface area contributed by atoms with Crippen LogP contribution in [0.5, 0.6) is 0 Å². The lowest BCUT2D eigenvalue weighted by atomic mass is 9.98. The quantitative estimate of drug-likeness (QED) is 0.482. The lowest BCUT2D eigenvalue weighted by Gasteiger charge is -2.22. The average molecular weight is 317 g/mol. The Bertz CT molecular complexity index is 675. The maximum atomic E-state index is 11.8. The summed E-state index contributed by atoms with van der Waals surface area (Å²) in [5.74, 6) is -1.20. The summed E-state index contributed by atoms with van der Waals surface area (Å²) >= 11 is 0. The molecule has 1 atom stereocenters. The molecule has 1 saturated carbocycles. The van der Waals surface area contributed by atoms with Crippen molar-refractivity contribution in [3.63, 3.8) is 0 Å². The van der Waals surface area contributed by atoms with Crippen molar-refractivity contribution < 1.29 is 19.2 Å². The van der Waals surface area contributed by atoms with Crippen LogP contribution in [0, 0.1) is 27.4 Å². The van der Waals surface area contributed by atoms with Gasteiger partial charge in [-0.05, 0) is 37.8 Å². The van der Waals surface area contributed by atoms with Gasteiger partial charge in [0.05, 0.1) is 16.6 Å². The number of hydrogen-bond acceptors (Lipinski definition) is 6. The van der Waals surface area contributed by atoms with Gasteiger partial charge in [0.25, 0.3) is 11.6 Å². The Morgan fingerprint density at radius 2 is 2.04 bits per heavy atom. The van der Waals surface area contributed by atoms with Gasteiger partial charge in [0.2, 0.25) is 0 Å². The molecule has 1 N–H and O–H groups in total. The van der Waals surface area contributed by atoms with Crippen LogP contribution in [0.1, 0.15) is 30.1 Å². The van der Waals surface area contributed by atoms with E-state index in [2.05, 4.69) is 11.4 Å². The zero-order valence-corrected chi connectivity index (χ0v) is 12.4. The van der Waals surface area contributed by atoms with Crippen molar-refractivity contribution in [2.75, 3.05) is 6.61 Å². The van der Waals surface area contributed by atoms with E-state index in [0.29, 0.717) is 0 Å². The smallest absolute Gasteiger partial charge is 0.338 e. The number of nitriles is 1. The number of nitro groups is 1. The van der Waals surface area contributed by atoms with Gasteiger partial charge >= 0.3 is 5.97 Å². The molecule has 8 nitrogen and oxygen atoms in total. The molecule has 0 aliphatic heterocycles. The van der Waals surface area contributed by atoms with Crippen LogP contribution in [0.3, 0.4) is 0 Å². The van der Waals surface area contributed by atoms with E-state index < -0.39 is 28.9 Å². The number of hydrogen-bond donors (Lipinski definition) is 1. The second-order valence-electron chi connectivity index (χ2n) is 5.52. The zero-order chi connectivity index (χ0) is 17.0. The molecule has 0 bridgehead atoms. The number of benzene rings is 1. The van der Waals surface area contributed by atoms with Gasteiger partial charge in [0.15, 0.2) is 6.61 Å². The first kappa shape index (κ1) is 16.4. The fraction of sp³-hybridized carbons (Fsp3) is 0.400. The van der Waals surface area contributed by atoms with Gasteiger partial charge in [-0.3, -0.25) is 14.9 Å². The van der Waals surface area contributed by atoms with Gasteiger partial charge in [-0.15, -0.1) is 0 Å². The summed E-state index contributed by atoms with van der Waals surface area (Å²) in [6.45, 7) is 1.13. The average Bonchev–Trinajstić information content (AvgIpc) is 3.38. The molecule has 1 amide bonds. The molecule has 1 aromatic rings. The Labute approximate surface area is 132 Å². The van der Waals surface area contributed by atoms with Gasteiger partial charge < -0.3 is 10.1 Å². The number of carbonyl (C=O) groups is 2. The van der Waals surface area contributed by atoms with E-state index in [1.807, 2.05) is 0 Å². The summed E-state index contributed by atoms with van der Waals surface area (Å²) in [6, 6.07) is 6.93. The molecule has 0 spiro atoms. The summed E-state index contributed by atoms with van der Waals surface area (Å²) in [6.07, 6.45) is 1.76. The van der Waals surface area contributed by atoms with Crippen molar-refractivity contribution in [3.8, 4) is 6.07 Å². The summed E-state index contributed by atoms with van der Waals surface area (Å²) in [5.41, 5.74) is -0.987. The molecule has 1 fully saturated rings. The number of non-ortho nitro benzene ring substituents is 1. The van der Waals surface area contributed by atoms with E-state index >= 15 is 0 Å². The summed E-state index contributed by atoms with van der Waals surface area (Å²) in [5, 5.41) is 22.2. The van der Waals surface area contributed by atoms with Crippen LogP contribution in [-0.2, 0) is 9.53 Å². The number of carbonyl (C=O) groups excluding carboxylic acids is 2. The number of esters is 1. The Hall–Kier alpha value is -2.95. The molecule has 0 saturated heterocycles. The molecular formula is C15H15N3O5.